The molecule has 42 heavy (non-hydrogen) atoms. The molecule has 1 aliphatic rings. The summed E-state index contributed by atoms with van der Waals surface area (Å²) in [7, 11) is 1.15. The van der Waals surface area contributed by atoms with Crippen LogP contribution < -0.4 is 5.32 Å². The van der Waals surface area contributed by atoms with Gasteiger partial charge in [-0.25, -0.2) is 4.79 Å². The van der Waals surface area contributed by atoms with Gasteiger partial charge in [0.1, 0.15) is 18.6 Å². The van der Waals surface area contributed by atoms with E-state index in [0.29, 0.717) is 5.56 Å². The van der Waals surface area contributed by atoms with Crippen molar-refractivity contribution in [3.8, 4) is 11.1 Å². The highest BCUT2D eigenvalue weighted by Gasteiger charge is 2.41. The van der Waals surface area contributed by atoms with Gasteiger partial charge in [-0.3, -0.25) is 29.0 Å². The molecule has 226 valence electrons. The zero-order chi connectivity index (χ0) is 31.6. The Labute approximate surface area is 236 Å². The Morgan fingerprint density at radius 2 is 1.57 bits per heavy atom. The molecule has 1 aromatic heterocycles. The first-order valence-electron chi connectivity index (χ1n) is 12.1. The van der Waals surface area contributed by atoms with Crippen molar-refractivity contribution in [1.29, 1.82) is 0 Å². The van der Waals surface area contributed by atoms with E-state index in [9.17, 15) is 37.1 Å². The fraction of sp³-hybridized carbons (Fsp3) is 0.346. The van der Waals surface area contributed by atoms with Gasteiger partial charge in [-0.2, -0.15) is 13.2 Å². The van der Waals surface area contributed by atoms with Crippen LogP contribution in [0.2, 0.25) is 0 Å². The molecule has 13 nitrogen and oxygen atoms in total. The number of hydrogen-bond donors (Lipinski definition) is 3. The molecule has 3 rings (SSSR count). The van der Waals surface area contributed by atoms with E-state index in [1.165, 1.54) is 11.8 Å². The third kappa shape index (κ3) is 9.28. The number of halogens is 3. The Bertz CT molecular complexity index is 1300. The Hall–Kier alpha value is -5.02. The number of rotatable bonds is 8. The van der Waals surface area contributed by atoms with Crippen LogP contribution in [0, 0.1) is 0 Å². The lowest BCUT2D eigenvalue weighted by Gasteiger charge is -2.40. The minimum Gasteiger partial charge on any atom is -0.480 e. The quantitative estimate of drug-likeness (QED) is 0.374. The van der Waals surface area contributed by atoms with Gasteiger partial charge in [0.05, 0.1) is 13.5 Å². The summed E-state index contributed by atoms with van der Waals surface area (Å²) in [6, 6.07) is 8.30. The number of alkyl halides is 3. The van der Waals surface area contributed by atoms with E-state index in [1.54, 1.807) is 36.7 Å². The molecule has 1 saturated heterocycles. The first-order chi connectivity index (χ1) is 19.6. The number of carbonyl (C=O) groups excluding carboxylic acids is 4. The third-order valence-electron chi connectivity index (χ3n) is 5.90. The number of benzene rings is 1. The number of esters is 1. The molecular formula is C26H27F3N4O9. The maximum absolute atomic E-state index is 13.1. The molecule has 2 atom stereocenters. The smallest absolute Gasteiger partial charge is 0.480 e. The van der Waals surface area contributed by atoms with Crippen molar-refractivity contribution in [2.45, 2.75) is 31.6 Å². The van der Waals surface area contributed by atoms with Crippen LogP contribution in [0.4, 0.5) is 13.2 Å². The zero-order valence-electron chi connectivity index (χ0n) is 22.3. The first kappa shape index (κ1) is 33.2. The van der Waals surface area contributed by atoms with Crippen LogP contribution in [0.1, 0.15) is 23.7 Å². The molecule has 0 aliphatic carbocycles. The molecule has 0 saturated carbocycles. The van der Waals surface area contributed by atoms with E-state index in [2.05, 4.69) is 15.0 Å². The number of ether oxygens (including phenoxy) is 1. The molecule has 2 unspecified atom stereocenters. The van der Waals surface area contributed by atoms with Gasteiger partial charge >= 0.3 is 24.1 Å². The predicted molar refractivity (Wildman–Crippen MR) is 137 cm³/mol. The topological polar surface area (TPSA) is 184 Å². The Balaban J connectivity index is 0.000000782. The number of methoxy groups -OCH3 is 1. The highest BCUT2D eigenvalue weighted by molar-refractivity contribution is 5.99. The van der Waals surface area contributed by atoms with Crippen LogP contribution in [0.25, 0.3) is 11.1 Å². The van der Waals surface area contributed by atoms with E-state index in [0.717, 1.165) is 23.1 Å². The molecule has 1 fully saturated rings. The molecule has 2 heterocycles. The lowest BCUT2D eigenvalue weighted by molar-refractivity contribution is -0.192. The minimum absolute atomic E-state index is 0.00825. The first-order valence-corrected chi connectivity index (χ1v) is 12.1. The van der Waals surface area contributed by atoms with Crippen LogP contribution >= 0.6 is 0 Å². The molecule has 0 spiro atoms. The van der Waals surface area contributed by atoms with Gasteiger partial charge in [-0.05, 0) is 42.3 Å². The van der Waals surface area contributed by atoms with Crippen LogP contribution in [-0.2, 0) is 28.7 Å². The van der Waals surface area contributed by atoms with E-state index < -0.39 is 66.9 Å². The van der Waals surface area contributed by atoms with Crippen LogP contribution in [0.15, 0.2) is 48.8 Å². The average molecular weight is 597 g/mol. The third-order valence-corrected chi connectivity index (χ3v) is 5.90. The van der Waals surface area contributed by atoms with Crippen molar-refractivity contribution >= 4 is 35.6 Å². The molecule has 1 aromatic carbocycles. The standard InChI is InChI=1S/C24H26N4O7.C2HF3O2/c1-15(26-22(32)18-5-3-16(4-6-18)17-7-9-25-10-8-17)23(33)28-12-11-27(14-20(29)30)24(34)19(28)13-21(31)35-2;3-2(4,5)1(6)7/h3-10,15,19H,11-14H2,1-2H3,(H,26,32)(H,29,30);(H,6,7). The molecule has 2 aromatic rings. The van der Waals surface area contributed by atoms with Gasteiger partial charge in [0, 0.05) is 31.0 Å². The lowest BCUT2D eigenvalue weighted by Crippen LogP contribution is -2.62. The van der Waals surface area contributed by atoms with Crippen molar-refractivity contribution in [3.63, 3.8) is 0 Å². The monoisotopic (exact) mass is 596 g/mol. The molecular weight excluding hydrogens is 569 g/mol. The summed E-state index contributed by atoms with van der Waals surface area (Å²) in [6.45, 7) is 0.946. The highest BCUT2D eigenvalue weighted by atomic mass is 19.4. The van der Waals surface area contributed by atoms with Crippen molar-refractivity contribution in [2.24, 2.45) is 0 Å². The Kier molecular flexibility index (Phi) is 11.5. The largest absolute Gasteiger partial charge is 0.490 e. The predicted octanol–water partition coefficient (Wildman–Crippen LogP) is 1.19. The second-order valence-corrected chi connectivity index (χ2v) is 8.79. The summed E-state index contributed by atoms with van der Waals surface area (Å²) in [4.78, 5) is 76.7. The molecule has 3 N–H and O–H groups in total. The maximum Gasteiger partial charge on any atom is 0.490 e. The van der Waals surface area contributed by atoms with Crippen LogP contribution in [-0.4, -0.2) is 106 Å². The van der Waals surface area contributed by atoms with E-state index >= 15 is 0 Å². The Morgan fingerprint density at radius 1 is 1.02 bits per heavy atom. The number of aliphatic carboxylic acids is 2. The summed E-state index contributed by atoms with van der Waals surface area (Å²) in [6.07, 6.45) is -2.17. The minimum atomic E-state index is -5.08. The second-order valence-electron chi connectivity index (χ2n) is 8.79. The number of piperazine rings is 1. The zero-order valence-corrected chi connectivity index (χ0v) is 22.3. The number of carboxylic acids is 2. The molecule has 16 heteroatoms. The number of carbonyl (C=O) groups is 6. The highest BCUT2D eigenvalue weighted by Crippen LogP contribution is 2.20. The number of aromatic nitrogens is 1. The van der Waals surface area contributed by atoms with Crippen molar-refractivity contribution in [1.82, 2.24) is 20.1 Å². The molecule has 0 radical (unpaired) electrons. The van der Waals surface area contributed by atoms with Crippen LogP contribution in [0.3, 0.4) is 0 Å². The lowest BCUT2D eigenvalue weighted by atomic mass is 10.0. The van der Waals surface area contributed by atoms with Gasteiger partial charge in [0.15, 0.2) is 0 Å². The fourth-order valence-electron chi connectivity index (χ4n) is 3.81. The number of hydrogen-bond acceptors (Lipinski definition) is 8. The maximum atomic E-state index is 13.1. The van der Waals surface area contributed by atoms with E-state index in [1.807, 2.05) is 12.1 Å². The van der Waals surface area contributed by atoms with Crippen molar-refractivity contribution in [2.75, 3.05) is 26.7 Å². The van der Waals surface area contributed by atoms with Gasteiger partial charge < -0.3 is 30.1 Å². The summed E-state index contributed by atoms with van der Waals surface area (Å²) in [5.74, 6) is -6.39. The van der Waals surface area contributed by atoms with Crippen molar-refractivity contribution < 1.29 is 56.9 Å². The number of carboxylic acid groups (broad SMARTS) is 2. The number of amides is 3. The molecule has 3 amide bonds. The molecule has 0 bridgehead atoms. The van der Waals surface area contributed by atoms with Gasteiger partial charge in [0.2, 0.25) is 11.8 Å². The van der Waals surface area contributed by atoms with E-state index in [-0.39, 0.29) is 13.1 Å². The van der Waals surface area contributed by atoms with Gasteiger partial charge in [-0.15, -0.1) is 0 Å². The summed E-state index contributed by atoms with van der Waals surface area (Å²) in [5, 5.41) is 18.8. The number of nitrogens with one attached hydrogen (secondary N) is 1. The summed E-state index contributed by atoms with van der Waals surface area (Å²) >= 11 is 0. The normalized spacial score (nSPS) is 15.5. The van der Waals surface area contributed by atoms with Gasteiger partial charge in [0.25, 0.3) is 5.91 Å². The Morgan fingerprint density at radius 3 is 2.07 bits per heavy atom. The summed E-state index contributed by atoms with van der Waals surface area (Å²) in [5.41, 5.74) is 2.19. The molecule has 1 aliphatic heterocycles. The number of nitrogens with zero attached hydrogens (tertiary/aromatic N) is 3. The fourth-order valence-corrected chi connectivity index (χ4v) is 3.81. The number of pyridine rings is 1. The second kappa shape index (κ2) is 14.6. The van der Waals surface area contributed by atoms with Crippen LogP contribution in [0.5, 0.6) is 0 Å². The van der Waals surface area contributed by atoms with Crippen molar-refractivity contribution in [3.05, 3.63) is 54.4 Å². The SMILES string of the molecule is COC(=O)CC1C(=O)N(CC(=O)O)CCN1C(=O)C(C)NC(=O)c1ccc(-c2ccncc2)cc1.O=C(O)C(F)(F)F. The van der Waals surface area contributed by atoms with Gasteiger partial charge in [-0.1, -0.05) is 12.1 Å². The average Bonchev–Trinajstić information content (AvgIpc) is 2.94. The summed E-state index contributed by atoms with van der Waals surface area (Å²) < 4.78 is 36.4. The van der Waals surface area contributed by atoms with E-state index in [4.69, 9.17) is 15.0 Å².